The number of halogens is 3. The van der Waals surface area contributed by atoms with Crippen molar-refractivity contribution in [2.24, 2.45) is 28.6 Å². The second-order valence-corrected chi connectivity index (χ2v) is 13.5. The number of rotatable bonds is 6. The molecule has 1 saturated heterocycles. The third kappa shape index (κ3) is 3.73. The van der Waals surface area contributed by atoms with Crippen LogP contribution in [-0.2, 0) is 20.8 Å². The molecule has 5 nitrogen and oxygen atoms in total. The van der Waals surface area contributed by atoms with Gasteiger partial charge in [0, 0.05) is 35.8 Å². The summed E-state index contributed by atoms with van der Waals surface area (Å²) >= 11 is 0.556. The predicted molar refractivity (Wildman–Crippen MR) is 146 cm³/mol. The SMILES string of the molecule is C[C@]12C=CC(=O)C=C1[C@@H](F)C[C@H]1[C@@H]3C[C@H]4CN(CCCc5ccccc5)O[C@@]4(C(=O)SCF)[C@@]3(C)C[C@H](O)[C@@]12F. The first-order valence-electron chi connectivity index (χ1n) is 14.2. The average molecular weight is 576 g/mol. The third-order valence-corrected chi connectivity index (χ3v) is 11.6. The smallest absolute Gasteiger partial charge is 0.226 e. The Morgan fingerprint density at radius 2 is 1.95 bits per heavy atom. The number of aryl methyl sites for hydroxylation is 1. The Kier molecular flexibility index (Phi) is 6.92. The van der Waals surface area contributed by atoms with E-state index >= 15 is 8.78 Å². The van der Waals surface area contributed by atoms with E-state index in [-0.39, 0.29) is 24.3 Å². The number of carbonyl (C=O) groups is 2. The van der Waals surface area contributed by atoms with E-state index < -0.39 is 63.1 Å². The van der Waals surface area contributed by atoms with Crippen molar-refractivity contribution in [3.8, 4) is 0 Å². The maximum atomic E-state index is 17.5. The van der Waals surface area contributed by atoms with Crippen molar-refractivity contribution in [3.05, 3.63) is 59.7 Å². The van der Waals surface area contributed by atoms with E-state index in [1.807, 2.05) is 25.1 Å². The Morgan fingerprint density at radius 1 is 1.20 bits per heavy atom. The molecule has 3 saturated carbocycles. The molecule has 40 heavy (non-hydrogen) atoms. The monoisotopic (exact) mass is 575 g/mol. The summed E-state index contributed by atoms with van der Waals surface area (Å²) in [5.41, 5.74) is -4.92. The van der Waals surface area contributed by atoms with Crippen molar-refractivity contribution in [1.29, 1.82) is 0 Å². The molecule has 1 heterocycles. The van der Waals surface area contributed by atoms with E-state index in [2.05, 4.69) is 12.1 Å². The summed E-state index contributed by atoms with van der Waals surface area (Å²) in [4.78, 5) is 32.4. The van der Waals surface area contributed by atoms with Crippen molar-refractivity contribution in [2.45, 2.75) is 69.5 Å². The minimum absolute atomic E-state index is 0.0687. The molecule has 216 valence electrons. The molecule has 0 aromatic heterocycles. The number of hydroxylamine groups is 2. The van der Waals surface area contributed by atoms with Gasteiger partial charge in [-0.2, -0.15) is 5.06 Å². The van der Waals surface area contributed by atoms with Gasteiger partial charge in [-0.25, -0.2) is 13.2 Å². The number of aliphatic hydroxyl groups excluding tert-OH is 1. The van der Waals surface area contributed by atoms with Gasteiger partial charge >= 0.3 is 0 Å². The molecule has 5 aliphatic rings. The molecule has 6 rings (SSSR count). The van der Waals surface area contributed by atoms with Crippen LogP contribution in [0.3, 0.4) is 0 Å². The van der Waals surface area contributed by atoms with Gasteiger partial charge in [-0.1, -0.05) is 55.1 Å². The molecule has 0 unspecified atom stereocenters. The van der Waals surface area contributed by atoms with Gasteiger partial charge in [0.05, 0.1) is 6.10 Å². The quantitative estimate of drug-likeness (QED) is 0.494. The van der Waals surface area contributed by atoms with Gasteiger partial charge in [-0.05, 0) is 68.2 Å². The predicted octanol–water partition coefficient (Wildman–Crippen LogP) is 5.34. The minimum atomic E-state index is -2.23. The zero-order chi connectivity index (χ0) is 28.5. The maximum absolute atomic E-state index is 17.5. The maximum Gasteiger partial charge on any atom is 0.226 e. The zero-order valence-corrected chi connectivity index (χ0v) is 23.6. The van der Waals surface area contributed by atoms with Crippen molar-refractivity contribution >= 4 is 22.7 Å². The fourth-order valence-electron chi connectivity index (χ4n) is 9.06. The summed E-state index contributed by atoms with van der Waals surface area (Å²) < 4.78 is 46.8. The van der Waals surface area contributed by atoms with E-state index in [9.17, 15) is 19.1 Å². The molecule has 9 heteroatoms. The highest BCUT2D eigenvalue weighted by Crippen LogP contribution is 2.73. The lowest BCUT2D eigenvalue weighted by atomic mass is 9.44. The van der Waals surface area contributed by atoms with Crippen LogP contribution in [0.25, 0.3) is 0 Å². The van der Waals surface area contributed by atoms with E-state index in [1.165, 1.54) is 23.8 Å². The number of alkyl halides is 3. The van der Waals surface area contributed by atoms with Crippen molar-refractivity contribution in [3.63, 3.8) is 0 Å². The van der Waals surface area contributed by atoms with Gasteiger partial charge < -0.3 is 5.11 Å². The Balaban J connectivity index is 1.32. The summed E-state index contributed by atoms with van der Waals surface area (Å²) in [6.45, 7) is 4.40. The van der Waals surface area contributed by atoms with Crippen LogP contribution in [0.4, 0.5) is 13.2 Å². The molecule has 9 atom stereocenters. The number of thioether (sulfide) groups is 1. The lowest BCUT2D eigenvalue weighted by Gasteiger charge is -2.63. The van der Waals surface area contributed by atoms with Crippen LogP contribution in [0.15, 0.2) is 54.1 Å². The first-order chi connectivity index (χ1) is 19.0. The molecule has 0 bridgehead atoms. The molecular weight excluding hydrogens is 539 g/mol. The van der Waals surface area contributed by atoms with E-state index in [0.717, 1.165) is 12.8 Å². The van der Waals surface area contributed by atoms with Crippen LogP contribution in [-0.4, -0.2) is 63.7 Å². The van der Waals surface area contributed by atoms with E-state index in [1.54, 1.807) is 12.0 Å². The van der Waals surface area contributed by atoms with Crippen LogP contribution in [0.5, 0.6) is 0 Å². The zero-order valence-electron chi connectivity index (χ0n) is 22.8. The van der Waals surface area contributed by atoms with Gasteiger partial charge in [0.15, 0.2) is 17.1 Å². The molecule has 1 aromatic carbocycles. The number of allylic oxidation sites excluding steroid dienone is 4. The average Bonchev–Trinajstić information content (AvgIpc) is 3.40. The number of hydrogen-bond donors (Lipinski definition) is 1. The van der Waals surface area contributed by atoms with Crippen molar-refractivity contribution in [1.82, 2.24) is 5.06 Å². The van der Waals surface area contributed by atoms with E-state index in [0.29, 0.717) is 31.3 Å². The van der Waals surface area contributed by atoms with Gasteiger partial charge in [-0.15, -0.1) is 0 Å². The minimum Gasteiger partial charge on any atom is -0.390 e. The number of nitrogens with zero attached hydrogens (tertiary/aromatic N) is 1. The van der Waals surface area contributed by atoms with Crippen molar-refractivity contribution < 1.29 is 32.7 Å². The number of carbonyl (C=O) groups excluding carboxylic acids is 2. The standard InChI is InChI=1S/C31H36F3NO4S/c1-28-11-10-21(36)14-24(28)25(33)15-23-22-13-20-17-35(12-6-9-19-7-4-3-5-8-19)39-31(20,27(38)40-18-32)29(22,2)16-26(37)30(23,28)34/h3-5,7-8,10-11,14,20,22-23,25-26,37H,6,9,12-13,15-18H2,1-2H3/t20-,22-,23-,25-,26-,28-,29-,30-,31-/m0/s1. The lowest BCUT2D eigenvalue weighted by Crippen LogP contribution is -2.70. The van der Waals surface area contributed by atoms with E-state index in [4.69, 9.17) is 4.84 Å². The van der Waals surface area contributed by atoms with Gasteiger partial charge in [0.2, 0.25) is 5.12 Å². The summed E-state index contributed by atoms with van der Waals surface area (Å²) in [5.74, 6) is -2.11. The topological polar surface area (TPSA) is 66.8 Å². The Labute approximate surface area is 237 Å². The molecule has 0 spiro atoms. The lowest BCUT2D eigenvalue weighted by molar-refractivity contribution is -0.263. The van der Waals surface area contributed by atoms with Crippen LogP contribution >= 0.6 is 11.8 Å². The number of benzene rings is 1. The normalized spacial score (nSPS) is 44.0. The molecule has 4 aliphatic carbocycles. The molecule has 1 N–H and O–H groups in total. The summed E-state index contributed by atoms with van der Waals surface area (Å²) in [5, 5.41) is 12.9. The molecule has 4 fully saturated rings. The number of fused-ring (bicyclic) bond motifs is 7. The number of hydrogen-bond acceptors (Lipinski definition) is 6. The molecule has 1 aromatic rings. The van der Waals surface area contributed by atoms with Gasteiger partial charge in [0.25, 0.3) is 0 Å². The Bertz CT molecular complexity index is 1260. The molecule has 1 aliphatic heterocycles. The highest BCUT2D eigenvalue weighted by Gasteiger charge is 2.79. The van der Waals surface area contributed by atoms with Crippen molar-refractivity contribution in [2.75, 3.05) is 19.1 Å². The van der Waals surface area contributed by atoms with Crippen LogP contribution in [0, 0.1) is 28.6 Å². The number of aliphatic hydroxyl groups is 1. The van der Waals surface area contributed by atoms with Gasteiger partial charge in [-0.3, -0.25) is 14.4 Å². The fraction of sp³-hybridized carbons (Fsp3) is 0.613. The largest absolute Gasteiger partial charge is 0.390 e. The first-order valence-corrected chi connectivity index (χ1v) is 15.2. The summed E-state index contributed by atoms with van der Waals surface area (Å²) in [6, 6.07) is 9.14. The third-order valence-electron chi connectivity index (χ3n) is 10.9. The molecular formula is C31H36F3NO4S. The molecule has 0 amide bonds. The van der Waals surface area contributed by atoms with Crippen LogP contribution in [0.2, 0.25) is 0 Å². The van der Waals surface area contributed by atoms with Crippen LogP contribution < -0.4 is 0 Å². The highest BCUT2D eigenvalue weighted by molar-refractivity contribution is 8.13. The summed E-state index contributed by atoms with van der Waals surface area (Å²) in [6.07, 6.45) is 2.51. The highest BCUT2D eigenvalue weighted by atomic mass is 32.2. The molecule has 0 radical (unpaired) electrons. The first kappa shape index (κ1) is 28.2. The van der Waals surface area contributed by atoms with Gasteiger partial charge in [0.1, 0.15) is 12.2 Å². The second kappa shape index (κ2) is 9.82. The second-order valence-electron chi connectivity index (χ2n) is 12.6. The Hall–Kier alpha value is -1.94. The Morgan fingerprint density at radius 3 is 2.67 bits per heavy atom. The summed E-state index contributed by atoms with van der Waals surface area (Å²) in [7, 11) is 0. The number of ketones is 1. The fourth-order valence-corrected chi connectivity index (χ4v) is 9.81. The van der Waals surface area contributed by atoms with Crippen LogP contribution in [0.1, 0.15) is 45.1 Å².